The number of ether oxygens (including phenoxy) is 1. The molecule has 1 aliphatic rings. The summed E-state index contributed by atoms with van der Waals surface area (Å²) in [6.07, 6.45) is -3.46. The fourth-order valence-corrected chi connectivity index (χ4v) is 4.35. The molecule has 186 valence electrons. The summed E-state index contributed by atoms with van der Waals surface area (Å²) < 4.78 is 69.6. The van der Waals surface area contributed by atoms with Crippen molar-refractivity contribution in [1.29, 1.82) is 0 Å². The second-order valence-electron chi connectivity index (χ2n) is 8.50. The Morgan fingerprint density at radius 3 is 2.63 bits per heavy atom. The average Bonchev–Trinajstić information content (AvgIpc) is 3.24. The molecule has 1 aromatic carbocycles. The Bertz CT molecular complexity index is 1220. The molecular formula is C24H23F5N4O2. The van der Waals surface area contributed by atoms with Crippen LogP contribution in [0.15, 0.2) is 42.6 Å². The summed E-state index contributed by atoms with van der Waals surface area (Å²) >= 11 is 0. The number of aromatic nitrogens is 2. The summed E-state index contributed by atoms with van der Waals surface area (Å²) in [6.45, 7) is -1.40. The number of alkyl halides is 5. The molecule has 2 heterocycles. The molecule has 6 nitrogen and oxygen atoms in total. The van der Waals surface area contributed by atoms with Crippen LogP contribution in [0, 0.1) is 6.92 Å². The average molecular weight is 494 g/mol. The number of fused-ring (bicyclic) bond motifs is 1. The molecule has 1 amide bonds. The lowest BCUT2D eigenvalue weighted by molar-refractivity contribution is -0.172. The minimum atomic E-state index is -4.55. The molecule has 2 atom stereocenters. The Labute approximate surface area is 197 Å². The first-order valence-electron chi connectivity index (χ1n) is 11.0. The van der Waals surface area contributed by atoms with Crippen molar-refractivity contribution in [2.75, 3.05) is 5.73 Å². The quantitative estimate of drug-likeness (QED) is 0.468. The van der Waals surface area contributed by atoms with Crippen LogP contribution in [0.5, 0.6) is 0 Å². The van der Waals surface area contributed by atoms with Gasteiger partial charge >= 0.3 is 12.8 Å². The van der Waals surface area contributed by atoms with E-state index in [1.54, 1.807) is 31.2 Å². The standard InChI is InChI=1S/C24H23F5N4O2/c1-13-9-15-10-14(5-8-18(15)32-21(13)30)22(34)33(19-3-2-4-20(19)35-23(25)26)12-17-7-6-16(11-31-17)24(27,28)29/h5-11,19-20,23H,2-4,12H2,1H3,(H2,30,32)/t19-,20-/m1/s1. The molecular weight excluding hydrogens is 471 g/mol. The number of nitrogen functional groups attached to an aromatic ring is 1. The molecule has 1 saturated carbocycles. The number of carbonyl (C=O) groups is 1. The lowest BCUT2D eigenvalue weighted by atomic mass is 10.1. The smallest absolute Gasteiger partial charge is 0.383 e. The predicted molar refractivity (Wildman–Crippen MR) is 119 cm³/mol. The van der Waals surface area contributed by atoms with Gasteiger partial charge in [-0.15, -0.1) is 0 Å². The van der Waals surface area contributed by atoms with Gasteiger partial charge in [0.25, 0.3) is 5.91 Å². The highest BCUT2D eigenvalue weighted by Crippen LogP contribution is 2.32. The number of benzene rings is 1. The minimum Gasteiger partial charge on any atom is -0.383 e. The predicted octanol–water partition coefficient (Wildman–Crippen LogP) is 5.34. The molecule has 1 fully saturated rings. The molecule has 2 aromatic heterocycles. The molecule has 2 N–H and O–H groups in total. The fourth-order valence-electron chi connectivity index (χ4n) is 4.35. The first kappa shape index (κ1) is 24.8. The van der Waals surface area contributed by atoms with Crippen LogP contribution in [0.25, 0.3) is 10.9 Å². The maximum Gasteiger partial charge on any atom is 0.417 e. The minimum absolute atomic E-state index is 0.165. The van der Waals surface area contributed by atoms with E-state index in [4.69, 9.17) is 10.5 Å². The highest BCUT2D eigenvalue weighted by atomic mass is 19.4. The van der Waals surface area contributed by atoms with E-state index in [0.29, 0.717) is 42.2 Å². The zero-order valence-corrected chi connectivity index (χ0v) is 18.7. The number of anilines is 1. The van der Waals surface area contributed by atoms with Gasteiger partial charge < -0.3 is 15.4 Å². The molecule has 0 spiro atoms. The van der Waals surface area contributed by atoms with Crippen LogP contribution in [0.1, 0.15) is 46.4 Å². The number of hydrogen-bond acceptors (Lipinski definition) is 5. The van der Waals surface area contributed by atoms with Crippen LogP contribution in [0.4, 0.5) is 27.8 Å². The normalized spacial score (nSPS) is 18.4. The summed E-state index contributed by atoms with van der Waals surface area (Å²) in [4.78, 5) is 23.1. The summed E-state index contributed by atoms with van der Waals surface area (Å²) in [7, 11) is 0. The molecule has 0 unspecified atom stereocenters. The summed E-state index contributed by atoms with van der Waals surface area (Å²) in [6, 6.07) is 7.96. The van der Waals surface area contributed by atoms with Gasteiger partial charge in [-0.3, -0.25) is 9.78 Å². The molecule has 11 heteroatoms. The molecule has 1 aliphatic carbocycles. The monoisotopic (exact) mass is 494 g/mol. The first-order valence-corrected chi connectivity index (χ1v) is 11.0. The number of pyridine rings is 2. The number of hydrogen-bond donors (Lipinski definition) is 1. The number of nitrogens with two attached hydrogens (primary N) is 1. The summed E-state index contributed by atoms with van der Waals surface area (Å²) in [5.41, 5.74) is 6.72. The van der Waals surface area contributed by atoms with Crippen molar-refractivity contribution in [3.05, 3.63) is 65.0 Å². The third-order valence-corrected chi connectivity index (χ3v) is 6.13. The number of amides is 1. The van der Waals surface area contributed by atoms with Crippen molar-refractivity contribution in [3.8, 4) is 0 Å². The maximum atomic E-state index is 13.6. The lowest BCUT2D eigenvalue weighted by Gasteiger charge is -2.33. The van der Waals surface area contributed by atoms with Gasteiger partial charge in [0, 0.05) is 17.1 Å². The highest BCUT2D eigenvalue weighted by Gasteiger charge is 2.38. The van der Waals surface area contributed by atoms with Gasteiger partial charge in [0.1, 0.15) is 5.82 Å². The van der Waals surface area contributed by atoms with E-state index in [0.717, 1.165) is 11.6 Å². The van der Waals surface area contributed by atoms with Gasteiger partial charge in [0.15, 0.2) is 0 Å². The largest absolute Gasteiger partial charge is 0.417 e. The van der Waals surface area contributed by atoms with Crippen LogP contribution >= 0.6 is 0 Å². The molecule has 0 aliphatic heterocycles. The Balaban J connectivity index is 1.68. The van der Waals surface area contributed by atoms with E-state index >= 15 is 0 Å². The molecule has 4 rings (SSSR count). The van der Waals surface area contributed by atoms with E-state index in [1.165, 1.54) is 11.0 Å². The number of halogens is 5. The van der Waals surface area contributed by atoms with E-state index in [-0.39, 0.29) is 17.8 Å². The highest BCUT2D eigenvalue weighted by molar-refractivity contribution is 5.98. The van der Waals surface area contributed by atoms with Crippen molar-refractivity contribution < 1.29 is 31.5 Å². The number of rotatable bonds is 6. The van der Waals surface area contributed by atoms with Gasteiger partial charge in [-0.05, 0) is 68.1 Å². The first-order chi connectivity index (χ1) is 16.5. The van der Waals surface area contributed by atoms with Gasteiger partial charge in [0.05, 0.1) is 35.5 Å². The Morgan fingerprint density at radius 2 is 1.97 bits per heavy atom. The molecule has 0 bridgehead atoms. The summed E-state index contributed by atoms with van der Waals surface area (Å²) in [5.74, 6) is -0.109. The molecule has 3 aromatic rings. The third-order valence-electron chi connectivity index (χ3n) is 6.13. The topological polar surface area (TPSA) is 81.3 Å². The number of carbonyl (C=O) groups excluding carboxylic acids is 1. The summed E-state index contributed by atoms with van der Waals surface area (Å²) in [5, 5.41) is 0.668. The molecule has 0 radical (unpaired) electrons. The fraction of sp³-hybridized carbons (Fsp3) is 0.375. The van der Waals surface area contributed by atoms with Crippen LogP contribution in [-0.4, -0.2) is 39.5 Å². The van der Waals surface area contributed by atoms with Crippen LogP contribution < -0.4 is 5.73 Å². The Kier molecular flexibility index (Phi) is 6.88. The second kappa shape index (κ2) is 9.73. The van der Waals surface area contributed by atoms with Gasteiger partial charge in [-0.25, -0.2) is 4.98 Å². The molecule has 0 saturated heterocycles. The maximum absolute atomic E-state index is 13.6. The second-order valence-corrected chi connectivity index (χ2v) is 8.50. The molecule has 35 heavy (non-hydrogen) atoms. The zero-order chi connectivity index (χ0) is 25.3. The van der Waals surface area contributed by atoms with Crippen molar-refractivity contribution in [2.45, 2.75) is 57.7 Å². The lowest BCUT2D eigenvalue weighted by Crippen LogP contribution is -2.45. The van der Waals surface area contributed by atoms with Gasteiger partial charge in [-0.2, -0.15) is 22.0 Å². The van der Waals surface area contributed by atoms with Crippen molar-refractivity contribution in [2.24, 2.45) is 0 Å². The SMILES string of the molecule is Cc1cc2cc(C(=O)N(Cc3ccc(C(F)(F)F)cn3)[C@@H]3CCC[C@H]3OC(F)F)ccc2nc1N. The zero-order valence-electron chi connectivity index (χ0n) is 18.7. The van der Waals surface area contributed by atoms with Gasteiger partial charge in [-0.1, -0.05) is 0 Å². The Morgan fingerprint density at radius 1 is 1.20 bits per heavy atom. The van der Waals surface area contributed by atoms with Crippen molar-refractivity contribution in [3.63, 3.8) is 0 Å². The van der Waals surface area contributed by atoms with Gasteiger partial charge in [0.2, 0.25) is 0 Å². The van der Waals surface area contributed by atoms with Crippen LogP contribution in [-0.2, 0) is 17.5 Å². The number of aryl methyl sites for hydroxylation is 1. The van der Waals surface area contributed by atoms with Crippen LogP contribution in [0.2, 0.25) is 0 Å². The number of nitrogens with zero attached hydrogens (tertiary/aromatic N) is 3. The van der Waals surface area contributed by atoms with E-state index in [9.17, 15) is 26.7 Å². The van der Waals surface area contributed by atoms with Crippen molar-refractivity contribution >= 4 is 22.6 Å². The van der Waals surface area contributed by atoms with E-state index in [2.05, 4.69) is 9.97 Å². The van der Waals surface area contributed by atoms with E-state index < -0.39 is 36.4 Å². The van der Waals surface area contributed by atoms with Crippen LogP contribution in [0.3, 0.4) is 0 Å². The Hall–Kier alpha value is -3.34. The van der Waals surface area contributed by atoms with E-state index in [1.807, 2.05) is 0 Å². The third kappa shape index (κ3) is 5.50. The van der Waals surface area contributed by atoms with Crippen molar-refractivity contribution in [1.82, 2.24) is 14.9 Å².